The minimum Gasteiger partial charge on any atom is -0.444 e. The predicted octanol–water partition coefficient (Wildman–Crippen LogP) is 4.04. The van der Waals surface area contributed by atoms with Crippen molar-refractivity contribution in [2.45, 2.75) is 57.8 Å². The van der Waals surface area contributed by atoms with Crippen molar-refractivity contribution >= 4 is 23.5 Å². The lowest BCUT2D eigenvalue weighted by molar-refractivity contribution is 0.0485. The lowest BCUT2D eigenvalue weighted by atomic mass is 10.0. The first kappa shape index (κ1) is 22.5. The molecule has 0 bridgehead atoms. The number of nitrogens with one attached hydrogen (secondary N) is 1. The van der Waals surface area contributed by atoms with Crippen molar-refractivity contribution in [2.24, 2.45) is 4.99 Å². The van der Waals surface area contributed by atoms with Crippen molar-refractivity contribution in [3.63, 3.8) is 0 Å². The molecule has 1 N–H and O–H groups in total. The summed E-state index contributed by atoms with van der Waals surface area (Å²) in [5.41, 5.74) is 0.254. The SMILES string of the molecule is [C-]#[N+]C(C#N)C(=NCc1ccccc1Cl)N1CCC[C@@H](NC(=O)OC(C)(C)C)C1. The van der Waals surface area contributed by atoms with Crippen LogP contribution in [-0.2, 0) is 11.3 Å². The Morgan fingerprint density at radius 3 is 2.86 bits per heavy atom. The Labute approximate surface area is 177 Å². The number of amides is 1. The molecule has 2 rings (SSSR count). The average molecular weight is 416 g/mol. The van der Waals surface area contributed by atoms with Crippen molar-refractivity contribution in [3.05, 3.63) is 46.3 Å². The number of hydrogen-bond donors (Lipinski definition) is 1. The van der Waals surface area contributed by atoms with E-state index in [1.807, 2.05) is 49.9 Å². The van der Waals surface area contributed by atoms with Crippen LogP contribution in [0, 0.1) is 17.9 Å². The zero-order chi connectivity index (χ0) is 21.4. The third-order valence-electron chi connectivity index (χ3n) is 4.33. The Morgan fingerprint density at radius 2 is 2.24 bits per heavy atom. The van der Waals surface area contributed by atoms with Crippen LogP contribution in [0.5, 0.6) is 0 Å². The number of halogens is 1. The number of amidine groups is 1. The Kier molecular flexibility index (Phi) is 7.87. The number of carbonyl (C=O) groups is 1. The Bertz CT molecular complexity index is 821. The van der Waals surface area contributed by atoms with Crippen LogP contribution < -0.4 is 5.32 Å². The Morgan fingerprint density at radius 1 is 1.52 bits per heavy atom. The average Bonchev–Trinajstić information content (AvgIpc) is 2.65. The molecule has 1 aromatic rings. The van der Waals surface area contributed by atoms with Gasteiger partial charge in [0, 0.05) is 24.2 Å². The van der Waals surface area contributed by atoms with Gasteiger partial charge in [0.05, 0.1) is 6.54 Å². The molecule has 8 heteroatoms. The number of likely N-dealkylation sites (tertiary alicyclic amines) is 1. The van der Waals surface area contributed by atoms with Gasteiger partial charge in [0.15, 0.2) is 11.9 Å². The molecule has 0 aliphatic carbocycles. The largest absolute Gasteiger partial charge is 0.444 e. The van der Waals surface area contributed by atoms with Gasteiger partial charge < -0.3 is 15.0 Å². The van der Waals surface area contributed by atoms with Gasteiger partial charge >= 0.3 is 12.1 Å². The monoisotopic (exact) mass is 415 g/mol. The number of ether oxygens (including phenoxy) is 1. The molecular formula is C21H26ClN5O2. The van der Waals surface area contributed by atoms with E-state index in [1.54, 1.807) is 6.07 Å². The molecule has 0 spiro atoms. The molecular weight excluding hydrogens is 390 g/mol. The van der Waals surface area contributed by atoms with Crippen molar-refractivity contribution in [1.29, 1.82) is 5.26 Å². The fourth-order valence-corrected chi connectivity index (χ4v) is 3.27. The van der Waals surface area contributed by atoms with E-state index in [9.17, 15) is 10.1 Å². The lowest BCUT2D eigenvalue weighted by Crippen LogP contribution is -2.52. The van der Waals surface area contributed by atoms with Crippen LogP contribution in [0.15, 0.2) is 29.3 Å². The molecule has 1 aliphatic heterocycles. The number of nitrogens with zero attached hydrogens (tertiary/aromatic N) is 4. The first-order valence-corrected chi connectivity index (χ1v) is 9.89. The minimum atomic E-state index is -1.00. The molecule has 154 valence electrons. The number of benzene rings is 1. The Balaban J connectivity index is 2.15. The molecule has 7 nitrogen and oxygen atoms in total. The molecule has 0 aromatic heterocycles. The van der Waals surface area contributed by atoms with E-state index in [-0.39, 0.29) is 12.6 Å². The summed E-state index contributed by atoms with van der Waals surface area (Å²) in [5.74, 6) is 0.415. The summed E-state index contributed by atoms with van der Waals surface area (Å²) >= 11 is 6.20. The summed E-state index contributed by atoms with van der Waals surface area (Å²) in [7, 11) is 0. The molecule has 1 aromatic carbocycles. The van der Waals surface area contributed by atoms with Crippen LogP contribution in [0.25, 0.3) is 4.85 Å². The normalized spacial score (nSPS) is 18.3. The number of hydrogen-bond acceptors (Lipinski definition) is 4. The van der Waals surface area contributed by atoms with Gasteiger partial charge in [-0.05, 0) is 45.2 Å². The van der Waals surface area contributed by atoms with Crippen molar-refractivity contribution in [2.75, 3.05) is 13.1 Å². The standard InChI is InChI=1S/C21H26ClN5O2/c1-21(2,3)29-20(28)26-16-9-7-11-27(14-16)19(18(12-23)24-4)25-13-15-8-5-6-10-17(15)22/h5-6,8,10,16,18H,7,9,11,13-14H2,1-3H3,(H,26,28)/t16-,18?/m1/s1. The van der Waals surface area contributed by atoms with E-state index in [2.05, 4.69) is 15.2 Å². The smallest absolute Gasteiger partial charge is 0.407 e. The van der Waals surface area contributed by atoms with Gasteiger partial charge in [0.2, 0.25) is 0 Å². The number of alkyl carbamates (subject to hydrolysis) is 1. The van der Waals surface area contributed by atoms with Crippen molar-refractivity contribution in [3.8, 4) is 6.07 Å². The summed E-state index contributed by atoms with van der Waals surface area (Å²) in [6.07, 6.45) is 1.13. The third kappa shape index (κ3) is 6.96. The first-order valence-electron chi connectivity index (χ1n) is 9.52. The summed E-state index contributed by atoms with van der Waals surface area (Å²) in [6.45, 7) is 14.2. The zero-order valence-corrected chi connectivity index (χ0v) is 17.7. The fraction of sp³-hybridized carbons (Fsp3) is 0.524. The van der Waals surface area contributed by atoms with Gasteiger partial charge in [0.1, 0.15) is 5.60 Å². The van der Waals surface area contributed by atoms with E-state index in [4.69, 9.17) is 22.9 Å². The van der Waals surface area contributed by atoms with Crippen molar-refractivity contribution < 1.29 is 9.53 Å². The van der Waals surface area contributed by atoms with E-state index >= 15 is 0 Å². The number of piperidine rings is 1. The van der Waals surface area contributed by atoms with Crippen LogP contribution in [0.1, 0.15) is 39.2 Å². The zero-order valence-electron chi connectivity index (χ0n) is 17.0. The summed E-state index contributed by atoms with van der Waals surface area (Å²) in [5, 5.41) is 12.9. The number of rotatable bonds is 4. The van der Waals surface area contributed by atoms with Gasteiger partial charge in [-0.3, -0.25) is 9.84 Å². The second kappa shape index (κ2) is 10.1. The van der Waals surface area contributed by atoms with Crippen LogP contribution in [-0.4, -0.2) is 47.6 Å². The molecule has 2 atom stereocenters. The van der Waals surface area contributed by atoms with E-state index in [0.29, 0.717) is 23.9 Å². The van der Waals surface area contributed by atoms with Gasteiger partial charge in [0.25, 0.3) is 0 Å². The van der Waals surface area contributed by atoms with Crippen molar-refractivity contribution in [1.82, 2.24) is 10.2 Å². The van der Waals surface area contributed by atoms with Crippen LogP contribution in [0.2, 0.25) is 5.02 Å². The molecule has 29 heavy (non-hydrogen) atoms. The van der Waals surface area contributed by atoms with E-state index < -0.39 is 17.7 Å². The Hall–Kier alpha value is -2.77. The molecule has 1 fully saturated rings. The second-order valence-corrected chi connectivity index (χ2v) is 8.27. The van der Waals surface area contributed by atoms with Crippen LogP contribution in [0.4, 0.5) is 4.79 Å². The summed E-state index contributed by atoms with van der Waals surface area (Å²) in [6, 6.07) is 8.23. The molecule has 1 unspecified atom stereocenters. The van der Waals surface area contributed by atoms with E-state index in [0.717, 1.165) is 18.4 Å². The molecule has 0 radical (unpaired) electrons. The highest BCUT2D eigenvalue weighted by Crippen LogP contribution is 2.18. The third-order valence-corrected chi connectivity index (χ3v) is 4.70. The van der Waals surface area contributed by atoms with Gasteiger partial charge in [-0.2, -0.15) is 5.26 Å². The predicted molar refractivity (Wildman–Crippen MR) is 113 cm³/mol. The quantitative estimate of drug-likeness (QED) is 0.457. The fourth-order valence-electron chi connectivity index (χ4n) is 3.07. The summed E-state index contributed by atoms with van der Waals surface area (Å²) < 4.78 is 5.33. The maximum absolute atomic E-state index is 12.1. The highest BCUT2D eigenvalue weighted by Gasteiger charge is 2.31. The van der Waals surface area contributed by atoms with Crippen LogP contribution >= 0.6 is 11.6 Å². The number of nitriles is 1. The van der Waals surface area contributed by atoms with Crippen LogP contribution in [0.3, 0.4) is 0 Å². The lowest BCUT2D eigenvalue weighted by Gasteiger charge is -2.34. The maximum Gasteiger partial charge on any atom is 0.407 e. The molecule has 0 saturated carbocycles. The first-order chi connectivity index (χ1) is 13.7. The highest BCUT2D eigenvalue weighted by atomic mass is 35.5. The van der Waals surface area contributed by atoms with Gasteiger partial charge in [-0.1, -0.05) is 29.8 Å². The summed E-state index contributed by atoms with van der Waals surface area (Å²) in [4.78, 5) is 22.0. The second-order valence-electron chi connectivity index (χ2n) is 7.86. The van der Waals surface area contributed by atoms with Gasteiger partial charge in [-0.25, -0.2) is 11.4 Å². The number of aliphatic imine (C=N–C) groups is 1. The van der Waals surface area contributed by atoms with Gasteiger partial charge in [-0.15, -0.1) is 0 Å². The topological polar surface area (TPSA) is 82.1 Å². The molecule has 1 amide bonds. The maximum atomic E-state index is 12.1. The number of carbonyl (C=O) groups excluding carboxylic acids is 1. The minimum absolute atomic E-state index is 0.144. The van der Waals surface area contributed by atoms with E-state index in [1.165, 1.54) is 0 Å². The molecule has 1 aliphatic rings. The molecule has 1 saturated heterocycles. The molecule has 1 heterocycles. The highest BCUT2D eigenvalue weighted by molar-refractivity contribution is 6.31.